The van der Waals surface area contributed by atoms with Crippen molar-refractivity contribution in [1.82, 2.24) is 15.3 Å². The van der Waals surface area contributed by atoms with Crippen LogP contribution in [0.25, 0.3) is 0 Å². The molecule has 4 heteroatoms. The molecule has 1 aliphatic heterocycles. The molecule has 4 nitrogen and oxygen atoms in total. The van der Waals surface area contributed by atoms with Gasteiger partial charge in [0.2, 0.25) is 5.95 Å². The molecule has 2 fully saturated rings. The van der Waals surface area contributed by atoms with Crippen LogP contribution < -0.4 is 10.2 Å². The molecule has 1 aliphatic carbocycles. The van der Waals surface area contributed by atoms with Gasteiger partial charge in [0.1, 0.15) is 0 Å². The maximum absolute atomic E-state index is 4.34. The van der Waals surface area contributed by atoms with Gasteiger partial charge in [0, 0.05) is 31.5 Å². The molecular weight excluding hydrogens is 248 g/mol. The first-order valence-corrected chi connectivity index (χ1v) is 8.17. The van der Waals surface area contributed by atoms with Crippen molar-refractivity contribution in [3.63, 3.8) is 0 Å². The second-order valence-corrected chi connectivity index (χ2v) is 6.22. The van der Waals surface area contributed by atoms with Crippen LogP contribution in [-0.2, 0) is 0 Å². The van der Waals surface area contributed by atoms with Crippen molar-refractivity contribution in [3.05, 3.63) is 18.5 Å². The smallest absolute Gasteiger partial charge is 0.225 e. The summed E-state index contributed by atoms with van der Waals surface area (Å²) in [5.74, 6) is 1.82. The molecule has 0 unspecified atom stereocenters. The van der Waals surface area contributed by atoms with Gasteiger partial charge in [-0.1, -0.05) is 19.3 Å². The SMILES string of the molecule is c1cnc(N2CCC(NCC3CCCCC3)CC2)nc1. The summed E-state index contributed by atoms with van der Waals surface area (Å²) in [6.07, 6.45) is 13.3. The zero-order valence-corrected chi connectivity index (χ0v) is 12.3. The van der Waals surface area contributed by atoms with Crippen LogP contribution in [-0.4, -0.2) is 35.6 Å². The zero-order chi connectivity index (χ0) is 13.6. The predicted molar refractivity (Wildman–Crippen MR) is 81.8 cm³/mol. The molecule has 1 saturated heterocycles. The largest absolute Gasteiger partial charge is 0.341 e. The van der Waals surface area contributed by atoms with Crippen molar-refractivity contribution >= 4 is 5.95 Å². The molecule has 2 heterocycles. The average molecular weight is 274 g/mol. The van der Waals surface area contributed by atoms with E-state index in [9.17, 15) is 0 Å². The lowest BCUT2D eigenvalue weighted by atomic mass is 9.89. The number of hydrogen-bond donors (Lipinski definition) is 1. The van der Waals surface area contributed by atoms with E-state index in [-0.39, 0.29) is 0 Å². The van der Waals surface area contributed by atoms with Gasteiger partial charge in [0.15, 0.2) is 0 Å². The van der Waals surface area contributed by atoms with E-state index in [2.05, 4.69) is 20.2 Å². The minimum atomic E-state index is 0.692. The molecule has 0 spiro atoms. The maximum Gasteiger partial charge on any atom is 0.225 e. The minimum absolute atomic E-state index is 0.692. The van der Waals surface area contributed by atoms with Crippen LogP contribution in [0.5, 0.6) is 0 Å². The van der Waals surface area contributed by atoms with Gasteiger partial charge in [-0.2, -0.15) is 0 Å². The van der Waals surface area contributed by atoms with Gasteiger partial charge in [-0.05, 0) is 44.2 Å². The van der Waals surface area contributed by atoms with E-state index in [1.807, 2.05) is 18.5 Å². The first-order valence-electron chi connectivity index (χ1n) is 8.17. The Hall–Kier alpha value is -1.16. The molecule has 0 atom stereocenters. The quantitative estimate of drug-likeness (QED) is 0.916. The summed E-state index contributed by atoms with van der Waals surface area (Å²) < 4.78 is 0. The van der Waals surface area contributed by atoms with Gasteiger partial charge in [0.25, 0.3) is 0 Å². The molecule has 1 aromatic heterocycles. The second kappa shape index (κ2) is 7.02. The monoisotopic (exact) mass is 274 g/mol. The second-order valence-electron chi connectivity index (χ2n) is 6.22. The van der Waals surface area contributed by atoms with Crippen LogP contribution in [0.2, 0.25) is 0 Å². The van der Waals surface area contributed by atoms with E-state index in [1.165, 1.54) is 51.5 Å². The summed E-state index contributed by atoms with van der Waals surface area (Å²) in [5.41, 5.74) is 0. The number of anilines is 1. The van der Waals surface area contributed by atoms with Gasteiger partial charge in [0.05, 0.1) is 0 Å². The molecule has 0 amide bonds. The molecule has 20 heavy (non-hydrogen) atoms. The topological polar surface area (TPSA) is 41.1 Å². The number of hydrogen-bond acceptors (Lipinski definition) is 4. The van der Waals surface area contributed by atoms with Gasteiger partial charge < -0.3 is 10.2 Å². The third-order valence-electron chi connectivity index (χ3n) is 4.75. The Morgan fingerprint density at radius 3 is 2.40 bits per heavy atom. The number of rotatable bonds is 4. The van der Waals surface area contributed by atoms with Crippen molar-refractivity contribution < 1.29 is 0 Å². The molecule has 110 valence electrons. The Balaban J connectivity index is 1.40. The van der Waals surface area contributed by atoms with Crippen molar-refractivity contribution in [2.24, 2.45) is 5.92 Å². The van der Waals surface area contributed by atoms with Gasteiger partial charge >= 0.3 is 0 Å². The van der Waals surface area contributed by atoms with Crippen molar-refractivity contribution in [1.29, 1.82) is 0 Å². The third kappa shape index (κ3) is 3.69. The maximum atomic E-state index is 4.34. The van der Waals surface area contributed by atoms with Crippen LogP contribution in [0.1, 0.15) is 44.9 Å². The third-order valence-corrected chi connectivity index (χ3v) is 4.75. The fourth-order valence-corrected chi connectivity index (χ4v) is 3.46. The van der Waals surface area contributed by atoms with E-state index < -0.39 is 0 Å². The lowest BCUT2D eigenvalue weighted by molar-refractivity contribution is 0.311. The highest BCUT2D eigenvalue weighted by Crippen LogP contribution is 2.23. The lowest BCUT2D eigenvalue weighted by Crippen LogP contribution is -2.44. The summed E-state index contributed by atoms with van der Waals surface area (Å²) in [6, 6.07) is 2.57. The Kier molecular flexibility index (Phi) is 4.85. The minimum Gasteiger partial charge on any atom is -0.341 e. The highest BCUT2D eigenvalue weighted by molar-refractivity contribution is 5.29. The average Bonchev–Trinajstić information content (AvgIpc) is 2.55. The summed E-state index contributed by atoms with van der Waals surface area (Å²) in [6.45, 7) is 3.38. The van der Waals surface area contributed by atoms with E-state index in [0.717, 1.165) is 25.0 Å². The molecule has 3 rings (SSSR count). The van der Waals surface area contributed by atoms with Crippen LogP contribution >= 0.6 is 0 Å². The van der Waals surface area contributed by atoms with E-state index in [1.54, 1.807) is 0 Å². The first-order chi connectivity index (χ1) is 9.92. The van der Waals surface area contributed by atoms with Crippen molar-refractivity contribution in [2.75, 3.05) is 24.5 Å². The Labute approximate surface area is 122 Å². The van der Waals surface area contributed by atoms with E-state index >= 15 is 0 Å². The van der Waals surface area contributed by atoms with Crippen molar-refractivity contribution in [2.45, 2.75) is 51.0 Å². The normalized spacial score (nSPS) is 22.1. The Morgan fingerprint density at radius 2 is 1.70 bits per heavy atom. The summed E-state index contributed by atoms with van der Waals surface area (Å²) in [7, 11) is 0. The number of aromatic nitrogens is 2. The molecule has 1 aromatic rings. The fourth-order valence-electron chi connectivity index (χ4n) is 3.46. The summed E-state index contributed by atoms with van der Waals surface area (Å²) in [4.78, 5) is 11.0. The Bertz CT molecular complexity index is 381. The lowest BCUT2D eigenvalue weighted by Gasteiger charge is -2.33. The fraction of sp³-hybridized carbons (Fsp3) is 0.750. The van der Waals surface area contributed by atoms with Crippen LogP contribution in [0.4, 0.5) is 5.95 Å². The number of piperidine rings is 1. The van der Waals surface area contributed by atoms with E-state index in [0.29, 0.717) is 6.04 Å². The van der Waals surface area contributed by atoms with Crippen LogP contribution in [0.15, 0.2) is 18.5 Å². The standard InChI is InChI=1S/C16H26N4/c1-2-5-14(6-3-1)13-19-15-7-11-20(12-8-15)16-17-9-4-10-18-16/h4,9-10,14-15,19H,1-3,5-8,11-13H2. The first kappa shape index (κ1) is 13.8. The predicted octanol–water partition coefficient (Wildman–Crippen LogP) is 2.62. The molecule has 0 aromatic carbocycles. The van der Waals surface area contributed by atoms with Gasteiger partial charge in [-0.15, -0.1) is 0 Å². The molecule has 1 N–H and O–H groups in total. The number of nitrogens with one attached hydrogen (secondary N) is 1. The van der Waals surface area contributed by atoms with E-state index in [4.69, 9.17) is 0 Å². The highest BCUT2D eigenvalue weighted by atomic mass is 15.3. The molecule has 1 saturated carbocycles. The van der Waals surface area contributed by atoms with Gasteiger partial charge in [-0.3, -0.25) is 0 Å². The molecule has 0 bridgehead atoms. The molecule has 2 aliphatic rings. The molecule has 0 radical (unpaired) electrons. The van der Waals surface area contributed by atoms with Crippen LogP contribution in [0.3, 0.4) is 0 Å². The van der Waals surface area contributed by atoms with Crippen molar-refractivity contribution in [3.8, 4) is 0 Å². The summed E-state index contributed by atoms with van der Waals surface area (Å²) in [5, 5.41) is 3.80. The number of nitrogens with zero attached hydrogens (tertiary/aromatic N) is 3. The zero-order valence-electron chi connectivity index (χ0n) is 12.3. The highest BCUT2D eigenvalue weighted by Gasteiger charge is 2.21. The van der Waals surface area contributed by atoms with Crippen LogP contribution in [0, 0.1) is 5.92 Å². The van der Waals surface area contributed by atoms with Gasteiger partial charge in [-0.25, -0.2) is 9.97 Å². The molecular formula is C16H26N4. The summed E-state index contributed by atoms with van der Waals surface area (Å²) >= 11 is 0. The Morgan fingerprint density at radius 1 is 1.00 bits per heavy atom.